The maximum atomic E-state index is 6.38. The molecule has 2 heterocycles. The second-order valence-electron chi connectivity index (χ2n) is 12.5. The van der Waals surface area contributed by atoms with Crippen LogP contribution in [0.1, 0.15) is 0 Å². The van der Waals surface area contributed by atoms with Gasteiger partial charge in [-0.1, -0.05) is 121 Å². The summed E-state index contributed by atoms with van der Waals surface area (Å²) in [5, 5.41) is 7.37. The topological polar surface area (TPSA) is 16.4 Å². The van der Waals surface area contributed by atoms with E-state index in [2.05, 4.69) is 169 Å². The number of furan rings is 1. The summed E-state index contributed by atoms with van der Waals surface area (Å²) in [7, 11) is 0. The zero-order valence-corrected chi connectivity index (χ0v) is 27.3. The van der Waals surface area contributed by atoms with E-state index in [9.17, 15) is 0 Å². The van der Waals surface area contributed by atoms with Crippen molar-refractivity contribution in [3.8, 4) is 22.3 Å². The van der Waals surface area contributed by atoms with Crippen molar-refractivity contribution in [1.29, 1.82) is 0 Å². The highest BCUT2D eigenvalue weighted by atomic mass is 32.1. The Morgan fingerprint density at radius 1 is 0.388 bits per heavy atom. The van der Waals surface area contributed by atoms with Crippen LogP contribution in [0.25, 0.3) is 75.1 Å². The van der Waals surface area contributed by atoms with Gasteiger partial charge in [-0.05, 0) is 81.6 Å². The lowest BCUT2D eigenvalue weighted by Crippen LogP contribution is -2.10. The van der Waals surface area contributed by atoms with Crippen LogP contribution in [0.2, 0.25) is 0 Å². The zero-order chi connectivity index (χ0) is 32.3. The van der Waals surface area contributed by atoms with Crippen molar-refractivity contribution in [2.45, 2.75) is 0 Å². The number of thiophene rings is 1. The molecular formula is C46H29NOS. The van der Waals surface area contributed by atoms with Gasteiger partial charge in [0.2, 0.25) is 0 Å². The Labute approximate surface area is 287 Å². The minimum absolute atomic E-state index is 0.877. The minimum Gasteiger partial charge on any atom is -0.456 e. The fourth-order valence-electron chi connectivity index (χ4n) is 7.36. The van der Waals surface area contributed by atoms with Gasteiger partial charge in [0.05, 0.1) is 0 Å². The fourth-order valence-corrected chi connectivity index (χ4v) is 8.59. The minimum atomic E-state index is 0.877. The highest BCUT2D eigenvalue weighted by Crippen LogP contribution is 2.43. The molecule has 0 saturated carbocycles. The fraction of sp³-hybridized carbons (Fsp3) is 0. The highest BCUT2D eigenvalue weighted by Gasteiger charge is 2.18. The summed E-state index contributed by atoms with van der Waals surface area (Å²) < 4.78 is 9.01. The molecule has 2 aromatic heterocycles. The maximum Gasteiger partial charge on any atom is 0.137 e. The lowest BCUT2D eigenvalue weighted by atomic mass is 9.98. The second kappa shape index (κ2) is 11.2. The smallest absolute Gasteiger partial charge is 0.137 e. The van der Waals surface area contributed by atoms with E-state index in [0.717, 1.165) is 39.0 Å². The predicted molar refractivity (Wildman–Crippen MR) is 210 cm³/mol. The molecule has 0 aliphatic carbocycles. The molecule has 10 rings (SSSR count). The lowest BCUT2D eigenvalue weighted by molar-refractivity contribution is 0.669. The van der Waals surface area contributed by atoms with E-state index in [1.54, 1.807) is 0 Å². The lowest BCUT2D eigenvalue weighted by Gasteiger charge is -2.26. The van der Waals surface area contributed by atoms with Gasteiger partial charge in [-0.25, -0.2) is 0 Å². The van der Waals surface area contributed by atoms with Crippen molar-refractivity contribution in [1.82, 2.24) is 0 Å². The molecule has 0 atom stereocenters. The van der Waals surface area contributed by atoms with Crippen molar-refractivity contribution in [3.63, 3.8) is 0 Å². The van der Waals surface area contributed by atoms with Gasteiger partial charge in [0.1, 0.15) is 11.2 Å². The molecule has 0 bridgehead atoms. The third-order valence-corrected chi connectivity index (χ3v) is 10.9. The van der Waals surface area contributed by atoms with Gasteiger partial charge in [0.15, 0.2) is 0 Å². The average molecular weight is 644 g/mol. The molecule has 0 fully saturated rings. The molecule has 3 heteroatoms. The van der Waals surface area contributed by atoms with E-state index < -0.39 is 0 Å². The molecule has 49 heavy (non-hydrogen) atoms. The van der Waals surface area contributed by atoms with Gasteiger partial charge in [0.25, 0.3) is 0 Å². The van der Waals surface area contributed by atoms with Gasteiger partial charge < -0.3 is 9.32 Å². The molecule has 10 aromatic rings. The van der Waals surface area contributed by atoms with Crippen molar-refractivity contribution in [2.75, 3.05) is 4.90 Å². The van der Waals surface area contributed by atoms with Crippen LogP contribution in [0.4, 0.5) is 17.1 Å². The number of anilines is 3. The van der Waals surface area contributed by atoms with E-state index in [1.807, 2.05) is 23.5 Å². The molecular weight excluding hydrogens is 615 g/mol. The van der Waals surface area contributed by atoms with E-state index in [4.69, 9.17) is 4.42 Å². The van der Waals surface area contributed by atoms with Crippen LogP contribution in [0.3, 0.4) is 0 Å². The molecule has 0 spiro atoms. The quantitative estimate of drug-likeness (QED) is 0.186. The first-order valence-electron chi connectivity index (χ1n) is 16.6. The summed E-state index contributed by atoms with van der Waals surface area (Å²) in [6.07, 6.45) is 0. The molecule has 0 amide bonds. The molecule has 0 aliphatic heterocycles. The highest BCUT2D eigenvalue weighted by molar-refractivity contribution is 7.26. The number of rotatable bonds is 5. The van der Waals surface area contributed by atoms with E-state index in [0.29, 0.717) is 0 Å². The molecule has 0 radical (unpaired) electrons. The van der Waals surface area contributed by atoms with Crippen LogP contribution in [-0.2, 0) is 0 Å². The third kappa shape index (κ3) is 4.62. The standard InChI is InChI=1S/C46H29NOS/c1-2-14-36-30(10-1)11-8-17-37(36)31-22-24-33(25-23-31)47(35-26-27-40-39-15-3-5-20-43(39)48-44(40)29-35)34-13-7-12-32(28-34)38-18-9-19-42-41-16-4-6-21-45(41)49-46(38)42/h1-29H. The molecule has 0 saturated heterocycles. The Bertz CT molecular complexity index is 2840. The molecule has 230 valence electrons. The zero-order valence-electron chi connectivity index (χ0n) is 26.5. The summed E-state index contributed by atoms with van der Waals surface area (Å²) in [6, 6.07) is 63.2. The third-order valence-electron chi connectivity index (χ3n) is 9.67. The SMILES string of the molecule is c1cc(-c2cccc3c2sc2ccccc23)cc(N(c2ccc(-c3cccc4ccccc34)cc2)c2ccc3c(c2)oc2ccccc23)c1. The molecule has 0 unspecified atom stereocenters. The summed E-state index contributed by atoms with van der Waals surface area (Å²) in [4.78, 5) is 2.34. The van der Waals surface area contributed by atoms with Gasteiger partial charge in [0, 0.05) is 54.1 Å². The molecule has 0 aliphatic rings. The molecule has 8 aromatic carbocycles. The number of para-hydroxylation sites is 1. The summed E-state index contributed by atoms with van der Waals surface area (Å²) in [5.74, 6) is 0. The molecule has 2 nitrogen and oxygen atoms in total. The van der Waals surface area contributed by atoms with Crippen LogP contribution >= 0.6 is 11.3 Å². The van der Waals surface area contributed by atoms with Crippen molar-refractivity contribution >= 4 is 81.3 Å². The number of fused-ring (bicyclic) bond motifs is 7. The van der Waals surface area contributed by atoms with E-state index >= 15 is 0 Å². The number of hydrogen-bond donors (Lipinski definition) is 0. The average Bonchev–Trinajstić information content (AvgIpc) is 3.73. The first-order chi connectivity index (χ1) is 24.3. The molecule has 0 N–H and O–H groups in total. The first-order valence-corrected chi connectivity index (χ1v) is 17.4. The van der Waals surface area contributed by atoms with Crippen molar-refractivity contribution < 1.29 is 4.42 Å². The number of nitrogens with zero attached hydrogens (tertiary/aromatic N) is 1. The monoisotopic (exact) mass is 643 g/mol. The summed E-state index contributed by atoms with van der Waals surface area (Å²) >= 11 is 1.87. The van der Waals surface area contributed by atoms with Crippen LogP contribution in [0.5, 0.6) is 0 Å². The van der Waals surface area contributed by atoms with Crippen LogP contribution in [-0.4, -0.2) is 0 Å². The van der Waals surface area contributed by atoms with Gasteiger partial charge in [-0.3, -0.25) is 0 Å². The van der Waals surface area contributed by atoms with Crippen LogP contribution in [0, 0.1) is 0 Å². The van der Waals surface area contributed by atoms with E-state index in [1.165, 1.54) is 53.2 Å². The van der Waals surface area contributed by atoms with Crippen LogP contribution < -0.4 is 4.90 Å². The largest absolute Gasteiger partial charge is 0.456 e. The second-order valence-corrected chi connectivity index (χ2v) is 13.6. The van der Waals surface area contributed by atoms with Gasteiger partial charge in [-0.15, -0.1) is 11.3 Å². The van der Waals surface area contributed by atoms with E-state index in [-0.39, 0.29) is 0 Å². The van der Waals surface area contributed by atoms with Gasteiger partial charge >= 0.3 is 0 Å². The normalized spacial score (nSPS) is 11.7. The van der Waals surface area contributed by atoms with Gasteiger partial charge in [-0.2, -0.15) is 0 Å². The Morgan fingerprint density at radius 2 is 1.04 bits per heavy atom. The number of hydrogen-bond acceptors (Lipinski definition) is 3. The maximum absolute atomic E-state index is 6.38. The predicted octanol–water partition coefficient (Wildman–Crippen LogP) is 13.9. The Balaban J connectivity index is 1.14. The summed E-state index contributed by atoms with van der Waals surface area (Å²) in [5.41, 5.74) is 9.86. The summed E-state index contributed by atoms with van der Waals surface area (Å²) in [6.45, 7) is 0. The van der Waals surface area contributed by atoms with Crippen molar-refractivity contribution in [2.24, 2.45) is 0 Å². The first kappa shape index (κ1) is 27.9. The Kier molecular flexibility index (Phi) is 6.39. The number of benzene rings is 8. The Hall–Kier alpha value is -6.16. The van der Waals surface area contributed by atoms with Crippen LogP contribution in [0.15, 0.2) is 180 Å². The Morgan fingerprint density at radius 3 is 1.96 bits per heavy atom. The van der Waals surface area contributed by atoms with Crippen molar-refractivity contribution in [3.05, 3.63) is 176 Å².